The lowest BCUT2D eigenvalue weighted by atomic mass is 10.2. The van der Waals surface area contributed by atoms with Crippen LogP contribution in [0.15, 0.2) is 35.5 Å². The summed E-state index contributed by atoms with van der Waals surface area (Å²) in [6.45, 7) is 10.3. The zero-order chi connectivity index (χ0) is 22.7. The van der Waals surface area contributed by atoms with Gasteiger partial charge in [0.15, 0.2) is 10.9 Å². The molecule has 0 unspecified atom stereocenters. The highest BCUT2D eigenvalue weighted by Crippen LogP contribution is 2.25. The van der Waals surface area contributed by atoms with Gasteiger partial charge in [-0.2, -0.15) is 0 Å². The normalized spacial score (nSPS) is 14.2. The van der Waals surface area contributed by atoms with Crippen LogP contribution in [0.5, 0.6) is 0 Å². The maximum absolute atomic E-state index is 13.2. The molecule has 0 aliphatic carbocycles. The van der Waals surface area contributed by atoms with Gasteiger partial charge >= 0.3 is 0 Å². The summed E-state index contributed by atoms with van der Waals surface area (Å²) in [5.74, 6) is 0.941. The summed E-state index contributed by atoms with van der Waals surface area (Å²) in [6.07, 6.45) is 0. The average Bonchev–Trinajstić information content (AvgIpc) is 3.35. The molecular weight excluding hydrogens is 429 g/mol. The molecule has 1 saturated heterocycles. The number of carbonyl (C=O) groups is 1. The molecule has 9 heteroatoms. The van der Waals surface area contributed by atoms with Gasteiger partial charge in [-0.25, -0.2) is 4.39 Å². The van der Waals surface area contributed by atoms with Gasteiger partial charge in [0.2, 0.25) is 5.95 Å². The van der Waals surface area contributed by atoms with E-state index in [9.17, 15) is 9.18 Å². The molecule has 1 aliphatic heterocycles. The lowest BCUT2D eigenvalue weighted by Crippen LogP contribution is -2.38. The van der Waals surface area contributed by atoms with Gasteiger partial charge in [0, 0.05) is 43.1 Å². The van der Waals surface area contributed by atoms with Crippen LogP contribution in [0.2, 0.25) is 0 Å². The molecule has 0 saturated carbocycles. The molecule has 3 heterocycles. The highest BCUT2D eigenvalue weighted by molar-refractivity contribution is 7.99. The molecule has 0 bridgehead atoms. The van der Waals surface area contributed by atoms with Crippen LogP contribution in [0, 0.1) is 19.7 Å². The van der Waals surface area contributed by atoms with E-state index in [2.05, 4.69) is 31.2 Å². The molecule has 0 radical (unpaired) electrons. The topological polar surface area (TPSA) is 65.2 Å². The van der Waals surface area contributed by atoms with E-state index in [-0.39, 0.29) is 11.6 Å². The van der Waals surface area contributed by atoms with Crippen LogP contribution in [0.1, 0.15) is 34.2 Å². The number of hydrogen-bond donors (Lipinski definition) is 0. The van der Waals surface area contributed by atoms with Gasteiger partial charge in [-0.15, -0.1) is 10.2 Å². The summed E-state index contributed by atoms with van der Waals surface area (Å²) in [5, 5.41) is 9.46. The number of halogens is 1. The highest BCUT2D eigenvalue weighted by Gasteiger charge is 2.22. The van der Waals surface area contributed by atoms with Gasteiger partial charge < -0.3 is 14.2 Å². The van der Waals surface area contributed by atoms with Crippen LogP contribution >= 0.6 is 11.8 Å². The molecule has 2 aromatic heterocycles. The second-order valence-electron chi connectivity index (χ2n) is 7.84. The van der Waals surface area contributed by atoms with Gasteiger partial charge in [0.25, 0.3) is 0 Å². The van der Waals surface area contributed by atoms with Crippen molar-refractivity contribution < 1.29 is 13.9 Å². The van der Waals surface area contributed by atoms with E-state index < -0.39 is 0 Å². The molecule has 7 nitrogen and oxygen atoms in total. The minimum absolute atomic E-state index is 0.0621. The number of aromatic nitrogens is 4. The Bertz CT molecular complexity index is 1090. The second kappa shape index (κ2) is 9.87. The summed E-state index contributed by atoms with van der Waals surface area (Å²) in [5.41, 5.74) is 3.64. The Morgan fingerprint density at radius 1 is 1.12 bits per heavy atom. The summed E-state index contributed by atoms with van der Waals surface area (Å²) in [6, 6.07) is 8.40. The summed E-state index contributed by atoms with van der Waals surface area (Å²) in [4.78, 5) is 15.2. The Morgan fingerprint density at radius 3 is 2.53 bits per heavy atom. The molecule has 32 heavy (non-hydrogen) atoms. The van der Waals surface area contributed by atoms with Crippen LogP contribution < -0.4 is 4.90 Å². The minimum Gasteiger partial charge on any atom is -0.378 e. The average molecular weight is 458 g/mol. The maximum atomic E-state index is 13.2. The first-order valence-corrected chi connectivity index (χ1v) is 11.8. The van der Waals surface area contributed by atoms with Gasteiger partial charge in [-0.1, -0.05) is 23.9 Å². The van der Waals surface area contributed by atoms with Crippen molar-refractivity contribution in [1.82, 2.24) is 19.3 Å². The van der Waals surface area contributed by atoms with Gasteiger partial charge in [-0.05, 0) is 44.5 Å². The van der Waals surface area contributed by atoms with Crippen molar-refractivity contribution in [3.8, 4) is 0 Å². The van der Waals surface area contributed by atoms with Crippen molar-refractivity contribution in [3.63, 3.8) is 0 Å². The zero-order valence-electron chi connectivity index (χ0n) is 18.7. The van der Waals surface area contributed by atoms with Crippen LogP contribution in [0.25, 0.3) is 0 Å². The van der Waals surface area contributed by atoms with E-state index in [0.717, 1.165) is 47.7 Å². The monoisotopic (exact) mass is 457 g/mol. The third-order valence-electron chi connectivity index (χ3n) is 5.77. The predicted molar refractivity (Wildman–Crippen MR) is 123 cm³/mol. The second-order valence-corrected chi connectivity index (χ2v) is 8.78. The van der Waals surface area contributed by atoms with E-state index in [1.54, 1.807) is 12.1 Å². The fraction of sp³-hybridized carbons (Fsp3) is 0.435. The largest absolute Gasteiger partial charge is 0.378 e. The number of aryl methyl sites for hydroxylation is 1. The number of anilines is 1. The highest BCUT2D eigenvalue weighted by atomic mass is 32.2. The number of rotatable bonds is 8. The number of hydrogen-bond acceptors (Lipinski definition) is 6. The lowest BCUT2D eigenvalue weighted by molar-refractivity contribution is 0.102. The standard InChI is InChI=1S/C23H28FN5O2S/c1-4-28-22(27-9-11-31-12-10-27)25-26-23(28)32-15-21(30)20-13-16(2)29(17(20)3)14-18-5-7-19(24)8-6-18/h5-8,13H,4,9-12,14-15H2,1-3H3. The summed E-state index contributed by atoms with van der Waals surface area (Å²) in [7, 11) is 0. The van der Waals surface area contributed by atoms with Crippen LogP contribution in [0.4, 0.5) is 10.3 Å². The van der Waals surface area contributed by atoms with E-state index in [1.807, 2.05) is 19.9 Å². The van der Waals surface area contributed by atoms with E-state index in [0.29, 0.717) is 31.1 Å². The van der Waals surface area contributed by atoms with E-state index in [1.165, 1.54) is 23.9 Å². The van der Waals surface area contributed by atoms with Crippen LogP contribution in [0.3, 0.4) is 0 Å². The molecule has 0 N–H and O–H groups in total. The molecule has 0 atom stereocenters. The number of carbonyl (C=O) groups excluding carboxylic acids is 1. The van der Waals surface area contributed by atoms with Gasteiger partial charge in [-0.3, -0.25) is 9.36 Å². The van der Waals surface area contributed by atoms with E-state index in [4.69, 9.17) is 4.74 Å². The number of Topliss-reactive ketones (excluding diaryl/α,β-unsaturated/α-hetero) is 1. The predicted octanol–water partition coefficient (Wildman–Crippen LogP) is 3.72. The number of nitrogens with zero attached hydrogens (tertiary/aromatic N) is 5. The summed E-state index contributed by atoms with van der Waals surface area (Å²) >= 11 is 1.42. The SMILES string of the molecule is CCn1c(SCC(=O)c2cc(C)n(Cc3ccc(F)cc3)c2C)nnc1N1CCOCC1. The Morgan fingerprint density at radius 2 is 1.84 bits per heavy atom. The molecule has 1 aliphatic rings. The fourth-order valence-corrected chi connectivity index (χ4v) is 4.85. The zero-order valence-corrected chi connectivity index (χ0v) is 19.5. The first-order chi connectivity index (χ1) is 15.5. The smallest absolute Gasteiger partial charge is 0.228 e. The van der Waals surface area contributed by atoms with Crippen molar-refractivity contribution in [1.29, 1.82) is 0 Å². The number of morpholine rings is 1. The van der Waals surface area contributed by atoms with Crippen molar-refractivity contribution in [2.75, 3.05) is 37.0 Å². The minimum atomic E-state index is -0.251. The molecule has 0 spiro atoms. The number of benzene rings is 1. The van der Waals surface area contributed by atoms with Gasteiger partial charge in [0.1, 0.15) is 5.82 Å². The number of ketones is 1. The van der Waals surface area contributed by atoms with Crippen LogP contribution in [-0.2, 0) is 17.8 Å². The first kappa shape index (κ1) is 22.5. The Hall–Kier alpha value is -2.65. The Kier molecular flexibility index (Phi) is 6.95. The van der Waals surface area contributed by atoms with Crippen molar-refractivity contribution >= 4 is 23.5 Å². The Labute approximate surface area is 191 Å². The molecule has 3 aromatic rings. The molecule has 1 aromatic carbocycles. The van der Waals surface area contributed by atoms with Crippen molar-refractivity contribution in [3.05, 3.63) is 58.7 Å². The van der Waals surface area contributed by atoms with Gasteiger partial charge in [0.05, 0.1) is 19.0 Å². The number of thioether (sulfide) groups is 1. The molecular formula is C23H28FN5O2S. The van der Waals surface area contributed by atoms with E-state index >= 15 is 0 Å². The molecule has 170 valence electrons. The van der Waals surface area contributed by atoms with Crippen molar-refractivity contribution in [2.45, 2.75) is 39.0 Å². The summed E-state index contributed by atoms with van der Waals surface area (Å²) < 4.78 is 22.8. The Balaban J connectivity index is 1.45. The quantitative estimate of drug-likeness (QED) is 0.380. The molecule has 0 amide bonds. The van der Waals surface area contributed by atoms with Crippen molar-refractivity contribution in [2.24, 2.45) is 0 Å². The molecule has 1 fully saturated rings. The first-order valence-electron chi connectivity index (χ1n) is 10.8. The third-order valence-corrected chi connectivity index (χ3v) is 6.73. The fourth-order valence-electron chi connectivity index (χ4n) is 3.97. The molecule has 4 rings (SSSR count). The third kappa shape index (κ3) is 4.73. The maximum Gasteiger partial charge on any atom is 0.228 e. The number of ether oxygens (including phenoxy) is 1. The lowest BCUT2D eigenvalue weighted by Gasteiger charge is -2.27. The van der Waals surface area contributed by atoms with Crippen LogP contribution in [-0.4, -0.2) is 57.2 Å².